The number of aromatic nitrogens is 2. The molecule has 114 valence electrons. The maximum Gasteiger partial charge on any atom is 0.257 e. The minimum Gasteiger partial charge on any atom is -0.316 e. The quantitative estimate of drug-likeness (QED) is 0.654. The van der Waals surface area contributed by atoms with Gasteiger partial charge in [0.15, 0.2) is 5.03 Å². The summed E-state index contributed by atoms with van der Waals surface area (Å²) in [4.78, 5) is 2.31. The first-order valence-electron chi connectivity index (χ1n) is 6.99. The van der Waals surface area contributed by atoms with Crippen molar-refractivity contribution >= 4 is 10.0 Å². The molecule has 20 heavy (non-hydrogen) atoms. The first-order chi connectivity index (χ1) is 9.58. The van der Waals surface area contributed by atoms with Crippen LogP contribution in [0, 0.1) is 0 Å². The number of nitrogens with zero attached hydrogens (tertiary/aromatic N) is 2. The van der Waals surface area contributed by atoms with Crippen LogP contribution in [0.2, 0.25) is 0 Å². The highest BCUT2D eigenvalue weighted by Crippen LogP contribution is 2.17. The van der Waals surface area contributed by atoms with Crippen molar-refractivity contribution in [1.29, 1.82) is 0 Å². The van der Waals surface area contributed by atoms with Crippen molar-refractivity contribution in [2.45, 2.75) is 37.4 Å². The molecule has 0 radical (unpaired) electrons. The topological polar surface area (TPSA) is 90.1 Å². The molecule has 8 heteroatoms. The van der Waals surface area contributed by atoms with Gasteiger partial charge in [-0.15, -0.1) is 0 Å². The summed E-state index contributed by atoms with van der Waals surface area (Å²) in [7, 11) is -1.75. The second-order valence-electron chi connectivity index (χ2n) is 5.03. The number of likely N-dealkylation sites (tertiary alicyclic amines) is 1. The van der Waals surface area contributed by atoms with E-state index in [4.69, 9.17) is 0 Å². The molecule has 1 atom stereocenters. The van der Waals surface area contributed by atoms with Gasteiger partial charge in [0.05, 0.1) is 6.20 Å². The van der Waals surface area contributed by atoms with Crippen LogP contribution in [-0.2, 0) is 16.6 Å². The minimum atomic E-state index is -3.52. The fourth-order valence-electron chi connectivity index (χ4n) is 2.67. The normalized spacial score (nSPS) is 20.6. The van der Waals surface area contributed by atoms with E-state index in [1.54, 1.807) is 13.2 Å². The van der Waals surface area contributed by atoms with E-state index < -0.39 is 10.0 Å². The molecular weight excluding hydrogens is 278 g/mol. The van der Waals surface area contributed by atoms with E-state index in [2.05, 4.69) is 32.1 Å². The highest BCUT2D eigenvalue weighted by atomic mass is 32.2. The summed E-state index contributed by atoms with van der Waals surface area (Å²) in [6, 6.07) is 0.297. The molecule has 7 nitrogen and oxygen atoms in total. The van der Waals surface area contributed by atoms with Gasteiger partial charge in [-0.3, -0.25) is 10.00 Å². The molecule has 2 heterocycles. The summed E-state index contributed by atoms with van der Waals surface area (Å²) in [6.45, 7) is 5.04. The lowest BCUT2D eigenvalue weighted by molar-refractivity contribution is 0.268. The van der Waals surface area contributed by atoms with Crippen molar-refractivity contribution in [2.75, 3.05) is 26.7 Å². The average Bonchev–Trinajstić information content (AvgIpc) is 3.05. The summed E-state index contributed by atoms with van der Waals surface area (Å²) in [5.41, 5.74) is 0.652. The van der Waals surface area contributed by atoms with E-state index in [9.17, 15) is 8.42 Å². The number of hydrogen-bond acceptors (Lipinski definition) is 5. The molecule has 1 aromatic heterocycles. The van der Waals surface area contributed by atoms with Crippen LogP contribution in [-0.4, -0.2) is 56.2 Å². The summed E-state index contributed by atoms with van der Waals surface area (Å²) in [5.74, 6) is 0. The fraction of sp³-hybridized carbons (Fsp3) is 0.750. The highest BCUT2D eigenvalue weighted by molar-refractivity contribution is 7.89. The van der Waals surface area contributed by atoms with Crippen molar-refractivity contribution < 1.29 is 8.42 Å². The number of nitrogens with one attached hydrogen (secondary N) is 3. The maximum absolute atomic E-state index is 12.3. The third kappa shape index (κ3) is 3.38. The van der Waals surface area contributed by atoms with E-state index in [1.807, 2.05) is 0 Å². The summed E-state index contributed by atoms with van der Waals surface area (Å²) >= 11 is 0. The molecular formula is C12H23N5O2S. The van der Waals surface area contributed by atoms with Crippen molar-refractivity contribution in [3.63, 3.8) is 0 Å². The molecule has 1 aliphatic rings. The Labute approximate surface area is 120 Å². The predicted molar refractivity (Wildman–Crippen MR) is 76.8 cm³/mol. The average molecular weight is 301 g/mol. The number of likely N-dealkylation sites (N-methyl/N-ethyl adjacent to an activating group) is 1. The number of aromatic amines is 1. The van der Waals surface area contributed by atoms with Gasteiger partial charge in [0, 0.05) is 24.7 Å². The van der Waals surface area contributed by atoms with E-state index in [0.717, 1.165) is 25.9 Å². The monoisotopic (exact) mass is 301 g/mol. The SMILES string of the molecule is CCN1CCCC1CNS(=O)(=O)c1[nH]ncc1CNC. The molecule has 1 saturated heterocycles. The molecule has 0 amide bonds. The van der Waals surface area contributed by atoms with Crippen molar-refractivity contribution in [2.24, 2.45) is 0 Å². The Hall–Kier alpha value is -0.960. The molecule has 1 aromatic rings. The first kappa shape index (κ1) is 15.4. The number of hydrogen-bond donors (Lipinski definition) is 3. The van der Waals surface area contributed by atoms with Gasteiger partial charge in [0.1, 0.15) is 0 Å². The molecule has 3 N–H and O–H groups in total. The Morgan fingerprint density at radius 2 is 2.35 bits per heavy atom. The maximum atomic E-state index is 12.3. The van der Waals surface area contributed by atoms with E-state index in [-0.39, 0.29) is 5.03 Å². The van der Waals surface area contributed by atoms with Gasteiger partial charge in [0.2, 0.25) is 0 Å². The minimum absolute atomic E-state index is 0.160. The third-order valence-corrected chi connectivity index (χ3v) is 5.17. The standard InChI is InChI=1S/C12H23N5O2S/c1-3-17-6-4-5-11(17)9-15-20(18,19)12-10(7-13-2)8-14-16-12/h8,11,13,15H,3-7,9H2,1-2H3,(H,14,16). The van der Waals surface area contributed by atoms with Gasteiger partial charge in [-0.1, -0.05) is 6.92 Å². The smallest absolute Gasteiger partial charge is 0.257 e. The van der Waals surface area contributed by atoms with Crippen LogP contribution in [0.4, 0.5) is 0 Å². The number of sulfonamides is 1. The van der Waals surface area contributed by atoms with Crippen molar-refractivity contribution in [3.05, 3.63) is 11.8 Å². The van der Waals surface area contributed by atoms with Gasteiger partial charge in [0.25, 0.3) is 10.0 Å². The second kappa shape index (κ2) is 6.66. The van der Waals surface area contributed by atoms with Crippen molar-refractivity contribution in [1.82, 2.24) is 25.1 Å². The molecule has 0 saturated carbocycles. The van der Waals surface area contributed by atoms with Gasteiger partial charge in [-0.05, 0) is 33.0 Å². The fourth-order valence-corrected chi connectivity index (χ4v) is 3.87. The van der Waals surface area contributed by atoms with Crippen LogP contribution in [0.3, 0.4) is 0 Å². The predicted octanol–water partition coefficient (Wildman–Crippen LogP) is -0.108. The van der Waals surface area contributed by atoms with Crippen LogP contribution in [0.5, 0.6) is 0 Å². The van der Waals surface area contributed by atoms with Gasteiger partial charge in [-0.2, -0.15) is 5.10 Å². The Morgan fingerprint density at radius 3 is 3.05 bits per heavy atom. The lowest BCUT2D eigenvalue weighted by atomic mass is 10.2. The number of H-pyrrole nitrogens is 1. The van der Waals surface area contributed by atoms with Crippen LogP contribution < -0.4 is 10.0 Å². The summed E-state index contributed by atoms with van der Waals surface area (Å²) in [5, 5.41) is 9.50. The largest absolute Gasteiger partial charge is 0.316 e. The van der Waals surface area contributed by atoms with Crippen LogP contribution >= 0.6 is 0 Å². The Morgan fingerprint density at radius 1 is 1.55 bits per heavy atom. The molecule has 2 rings (SSSR count). The zero-order valence-electron chi connectivity index (χ0n) is 12.0. The third-order valence-electron chi connectivity index (χ3n) is 3.73. The lowest BCUT2D eigenvalue weighted by Crippen LogP contribution is -2.40. The van der Waals surface area contributed by atoms with Crippen molar-refractivity contribution in [3.8, 4) is 0 Å². The number of rotatable bonds is 7. The second-order valence-corrected chi connectivity index (χ2v) is 6.74. The molecule has 1 fully saturated rings. The van der Waals surface area contributed by atoms with Crippen LogP contribution in [0.1, 0.15) is 25.3 Å². The van der Waals surface area contributed by atoms with Gasteiger partial charge in [-0.25, -0.2) is 13.1 Å². The first-order valence-corrected chi connectivity index (χ1v) is 8.47. The Kier molecular flexibility index (Phi) is 5.14. The van der Waals surface area contributed by atoms with E-state index in [1.165, 1.54) is 0 Å². The van der Waals surface area contributed by atoms with Gasteiger partial charge >= 0.3 is 0 Å². The molecule has 1 unspecified atom stereocenters. The Balaban J connectivity index is 2.02. The molecule has 0 aromatic carbocycles. The zero-order valence-corrected chi connectivity index (χ0v) is 12.8. The summed E-state index contributed by atoms with van der Waals surface area (Å²) in [6.07, 6.45) is 3.72. The van der Waals surface area contributed by atoms with Crippen LogP contribution in [0.15, 0.2) is 11.2 Å². The zero-order chi connectivity index (χ0) is 14.6. The Bertz CT molecular complexity index is 528. The van der Waals surface area contributed by atoms with Crippen LogP contribution in [0.25, 0.3) is 0 Å². The lowest BCUT2D eigenvalue weighted by Gasteiger charge is -2.22. The highest BCUT2D eigenvalue weighted by Gasteiger charge is 2.26. The molecule has 1 aliphatic heterocycles. The molecule has 0 spiro atoms. The van der Waals surface area contributed by atoms with Gasteiger partial charge < -0.3 is 5.32 Å². The van der Waals surface area contributed by atoms with E-state index >= 15 is 0 Å². The summed E-state index contributed by atoms with van der Waals surface area (Å²) < 4.78 is 27.3. The molecule has 0 aliphatic carbocycles. The van der Waals surface area contributed by atoms with E-state index in [0.29, 0.717) is 24.7 Å². The molecule has 0 bridgehead atoms.